The Balaban J connectivity index is 1.60. The number of nitrogens with one attached hydrogen (secondary N) is 1. The first-order valence-corrected chi connectivity index (χ1v) is 10.3. The third kappa shape index (κ3) is 5.14. The SMILES string of the molecule is Cc1nn(C)c(C)c1CCC(=O)N1CCOCC(C(=O)N2CCNC(=O)CC2)C1. The van der Waals surface area contributed by atoms with Crippen LogP contribution in [0.5, 0.6) is 0 Å². The molecule has 0 aliphatic carbocycles. The highest BCUT2D eigenvalue weighted by Gasteiger charge is 2.31. The van der Waals surface area contributed by atoms with Gasteiger partial charge in [0.25, 0.3) is 0 Å². The molecule has 1 aromatic heterocycles. The number of carbonyl (C=O) groups is 3. The smallest absolute Gasteiger partial charge is 0.229 e. The van der Waals surface area contributed by atoms with Gasteiger partial charge in [-0.15, -0.1) is 0 Å². The van der Waals surface area contributed by atoms with Crippen LogP contribution in [0.2, 0.25) is 0 Å². The average Bonchev–Trinajstić information content (AvgIpc) is 2.95. The molecule has 0 spiro atoms. The van der Waals surface area contributed by atoms with Gasteiger partial charge in [-0.05, 0) is 25.8 Å². The molecule has 3 amide bonds. The number of nitrogens with zero attached hydrogens (tertiary/aromatic N) is 4. The number of aromatic nitrogens is 2. The molecule has 0 radical (unpaired) electrons. The maximum Gasteiger partial charge on any atom is 0.229 e. The van der Waals surface area contributed by atoms with E-state index >= 15 is 0 Å². The van der Waals surface area contributed by atoms with Crippen LogP contribution in [-0.2, 0) is 32.6 Å². The summed E-state index contributed by atoms with van der Waals surface area (Å²) in [5.74, 6) is -0.435. The van der Waals surface area contributed by atoms with Crippen molar-refractivity contribution in [3.8, 4) is 0 Å². The van der Waals surface area contributed by atoms with E-state index < -0.39 is 5.92 Å². The molecule has 2 fully saturated rings. The van der Waals surface area contributed by atoms with E-state index in [9.17, 15) is 14.4 Å². The Hall–Kier alpha value is -2.42. The normalized spacial score (nSPS) is 20.8. The topological polar surface area (TPSA) is 96.8 Å². The molecule has 3 rings (SSSR count). The zero-order chi connectivity index (χ0) is 21.0. The molecule has 1 N–H and O–H groups in total. The number of amides is 3. The minimum absolute atomic E-state index is 0.0312. The third-order valence-corrected chi connectivity index (χ3v) is 5.84. The van der Waals surface area contributed by atoms with E-state index in [2.05, 4.69) is 10.4 Å². The molecule has 160 valence electrons. The van der Waals surface area contributed by atoms with Gasteiger partial charge in [0, 0.05) is 58.3 Å². The second kappa shape index (κ2) is 9.39. The van der Waals surface area contributed by atoms with Crippen LogP contribution in [0.25, 0.3) is 0 Å². The molecular weight excluding hydrogens is 374 g/mol. The lowest BCUT2D eigenvalue weighted by Crippen LogP contribution is -2.45. The van der Waals surface area contributed by atoms with Crippen LogP contribution >= 0.6 is 0 Å². The Morgan fingerprint density at radius 3 is 2.72 bits per heavy atom. The average molecular weight is 405 g/mol. The van der Waals surface area contributed by atoms with Crippen molar-refractivity contribution in [3.63, 3.8) is 0 Å². The van der Waals surface area contributed by atoms with Gasteiger partial charge in [0.1, 0.15) is 0 Å². The number of carbonyl (C=O) groups excluding carboxylic acids is 3. The fourth-order valence-corrected chi connectivity index (χ4v) is 4.00. The lowest BCUT2D eigenvalue weighted by molar-refractivity contribution is -0.138. The highest BCUT2D eigenvalue weighted by atomic mass is 16.5. The van der Waals surface area contributed by atoms with E-state index in [0.717, 1.165) is 17.0 Å². The summed E-state index contributed by atoms with van der Waals surface area (Å²) in [6, 6.07) is 0. The van der Waals surface area contributed by atoms with Crippen molar-refractivity contribution in [2.24, 2.45) is 13.0 Å². The van der Waals surface area contributed by atoms with Crippen LogP contribution in [0.15, 0.2) is 0 Å². The standard InChI is InChI=1S/C20H31N5O4/c1-14-17(15(2)23(3)22-14)4-5-19(27)25-10-11-29-13-16(12-25)20(28)24-8-6-18(26)21-7-9-24/h16H,4-13H2,1-3H3,(H,21,26). The number of hydrogen-bond acceptors (Lipinski definition) is 5. The van der Waals surface area contributed by atoms with Crippen molar-refractivity contribution in [3.05, 3.63) is 17.0 Å². The van der Waals surface area contributed by atoms with E-state index in [1.165, 1.54) is 0 Å². The van der Waals surface area contributed by atoms with Gasteiger partial charge in [0.15, 0.2) is 0 Å². The van der Waals surface area contributed by atoms with E-state index in [-0.39, 0.29) is 17.7 Å². The highest BCUT2D eigenvalue weighted by molar-refractivity contribution is 5.83. The quantitative estimate of drug-likeness (QED) is 0.748. The van der Waals surface area contributed by atoms with E-state index in [1.54, 1.807) is 9.80 Å². The van der Waals surface area contributed by atoms with E-state index in [1.807, 2.05) is 25.6 Å². The Morgan fingerprint density at radius 1 is 1.21 bits per heavy atom. The minimum atomic E-state index is -0.392. The van der Waals surface area contributed by atoms with Crippen LogP contribution in [-0.4, -0.2) is 83.2 Å². The molecule has 2 aliphatic heterocycles. The van der Waals surface area contributed by atoms with E-state index in [0.29, 0.717) is 65.2 Å². The van der Waals surface area contributed by atoms with Gasteiger partial charge in [0.2, 0.25) is 17.7 Å². The zero-order valence-electron chi connectivity index (χ0n) is 17.6. The van der Waals surface area contributed by atoms with Crippen molar-refractivity contribution in [1.82, 2.24) is 24.9 Å². The summed E-state index contributed by atoms with van der Waals surface area (Å²) in [5, 5.41) is 7.19. The van der Waals surface area contributed by atoms with Gasteiger partial charge in [-0.3, -0.25) is 19.1 Å². The van der Waals surface area contributed by atoms with Gasteiger partial charge < -0.3 is 19.9 Å². The van der Waals surface area contributed by atoms with Crippen LogP contribution in [0.1, 0.15) is 29.8 Å². The molecule has 0 bridgehead atoms. The largest absolute Gasteiger partial charge is 0.379 e. The molecule has 0 aromatic carbocycles. The van der Waals surface area contributed by atoms with E-state index in [4.69, 9.17) is 4.74 Å². The molecule has 3 heterocycles. The summed E-state index contributed by atoms with van der Waals surface area (Å²) < 4.78 is 7.46. The molecule has 1 atom stereocenters. The summed E-state index contributed by atoms with van der Waals surface area (Å²) >= 11 is 0. The fraction of sp³-hybridized carbons (Fsp3) is 0.700. The predicted molar refractivity (Wildman–Crippen MR) is 106 cm³/mol. The first-order chi connectivity index (χ1) is 13.9. The zero-order valence-corrected chi connectivity index (χ0v) is 17.6. The van der Waals surface area contributed by atoms with Gasteiger partial charge in [-0.1, -0.05) is 0 Å². The monoisotopic (exact) mass is 405 g/mol. The summed E-state index contributed by atoms with van der Waals surface area (Å²) in [6.45, 7) is 6.93. The molecule has 2 saturated heterocycles. The summed E-state index contributed by atoms with van der Waals surface area (Å²) in [5.41, 5.74) is 3.14. The molecular formula is C20H31N5O4. The number of ether oxygens (including phenoxy) is 1. The predicted octanol–water partition coefficient (Wildman–Crippen LogP) is -0.207. The van der Waals surface area contributed by atoms with Gasteiger partial charge in [-0.25, -0.2) is 0 Å². The molecule has 9 heteroatoms. The molecule has 0 saturated carbocycles. The summed E-state index contributed by atoms with van der Waals surface area (Å²) in [7, 11) is 1.90. The van der Waals surface area contributed by atoms with Crippen LogP contribution in [0, 0.1) is 19.8 Å². The van der Waals surface area contributed by atoms with Crippen LogP contribution in [0.3, 0.4) is 0 Å². The number of hydrogen-bond donors (Lipinski definition) is 1. The molecule has 29 heavy (non-hydrogen) atoms. The third-order valence-electron chi connectivity index (χ3n) is 5.84. The van der Waals surface area contributed by atoms with Crippen molar-refractivity contribution < 1.29 is 19.1 Å². The Bertz CT molecular complexity index is 775. The second-order valence-electron chi connectivity index (χ2n) is 7.81. The Morgan fingerprint density at radius 2 is 2.00 bits per heavy atom. The summed E-state index contributed by atoms with van der Waals surface area (Å²) in [6.07, 6.45) is 1.34. The van der Waals surface area contributed by atoms with Gasteiger partial charge in [-0.2, -0.15) is 5.10 Å². The van der Waals surface area contributed by atoms with Gasteiger partial charge >= 0.3 is 0 Å². The lowest BCUT2D eigenvalue weighted by Gasteiger charge is -2.27. The Labute approximate surface area is 171 Å². The van der Waals surface area contributed by atoms with Crippen LogP contribution in [0.4, 0.5) is 0 Å². The number of rotatable bonds is 4. The van der Waals surface area contributed by atoms with Crippen molar-refractivity contribution >= 4 is 17.7 Å². The number of aryl methyl sites for hydroxylation is 2. The van der Waals surface area contributed by atoms with Crippen molar-refractivity contribution in [2.45, 2.75) is 33.1 Å². The van der Waals surface area contributed by atoms with Crippen LogP contribution < -0.4 is 5.32 Å². The molecule has 9 nitrogen and oxygen atoms in total. The lowest BCUT2D eigenvalue weighted by atomic mass is 10.1. The fourth-order valence-electron chi connectivity index (χ4n) is 4.00. The van der Waals surface area contributed by atoms with Gasteiger partial charge in [0.05, 0.1) is 24.8 Å². The maximum atomic E-state index is 13.0. The molecule has 2 aliphatic rings. The first kappa shape index (κ1) is 21.3. The maximum absolute atomic E-state index is 13.0. The minimum Gasteiger partial charge on any atom is -0.379 e. The first-order valence-electron chi connectivity index (χ1n) is 10.3. The van der Waals surface area contributed by atoms with Crippen molar-refractivity contribution in [2.75, 3.05) is 45.9 Å². The highest BCUT2D eigenvalue weighted by Crippen LogP contribution is 2.17. The second-order valence-corrected chi connectivity index (χ2v) is 7.81. The Kier molecular flexibility index (Phi) is 6.89. The molecule has 1 unspecified atom stereocenters. The molecule has 1 aromatic rings. The van der Waals surface area contributed by atoms with Crippen molar-refractivity contribution in [1.29, 1.82) is 0 Å². The summed E-state index contributed by atoms with van der Waals surface area (Å²) in [4.78, 5) is 40.8.